The smallest absolute Gasteiger partial charge is 0.150 e. The molecule has 0 amide bonds. The average molecular weight is 601 g/mol. The van der Waals surface area contributed by atoms with Gasteiger partial charge in [-0.3, -0.25) is 14.4 Å². The quantitative estimate of drug-likeness (QED) is 0.139. The maximum Gasteiger partial charge on any atom is 0.150 e. The highest BCUT2D eigenvalue weighted by Crippen LogP contribution is 2.36. The third-order valence-corrected chi connectivity index (χ3v) is 7.95. The zero-order chi connectivity index (χ0) is 31.9. The van der Waals surface area contributed by atoms with Gasteiger partial charge in [0.2, 0.25) is 0 Å². The summed E-state index contributed by atoms with van der Waals surface area (Å²) in [5, 5.41) is 0. The molecule has 0 radical (unpaired) electrons. The highest BCUT2D eigenvalue weighted by atomic mass is 16.1. The standard InChI is InChI=1S/C41H32N2O3/c1-30-2-14-36(15-3-30)42(39-20-8-33(27-44)9-21-39)37-16-4-31(5-17-37)26-32-6-18-38(19-7-32)43(40-22-10-34(28-45)11-23-40)41-24-12-35(29-46)13-25-41/h2-25,27-29H,26H2,1H3. The second kappa shape index (κ2) is 13.7. The molecule has 0 bridgehead atoms. The van der Waals surface area contributed by atoms with Crippen LogP contribution in [0.1, 0.15) is 47.8 Å². The van der Waals surface area contributed by atoms with E-state index in [4.69, 9.17) is 0 Å². The van der Waals surface area contributed by atoms with Crippen LogP contribution in [0.15, 0.2) is 146 Å². The molecule has 0 N–H and O–H groups in total. The van der Waals surface area contributed by atoms with Crippen molar-refractivity contribution in [1.82, 2.24) is 0 Å². The summed E-state index contributed by atoms with van der Waals surface area (Å²) in [4.78, 5) is 38.0. The Morgan fingerprint density at radius 3 is 0.870 bits per heavy atom. The number of benzene rings is 6. The van der Waals surface area contributed by atoms with Crippen LogP contribution < -0.4 is 9.80 Å². The number of carbonyl (C=O) groups excluding carboxylic acids is 3. The van der Waals surface area contributed by atoms with Crippen LogP contribution in [0.3, 0.4) is 0 Å². The van der Waals surface area contributed by atoms with Gasteiger partial charge >= 0.3 is 0 Å². The molecule has 5 nitrogen and oxygen atoms in total. The third kappa shape index (κ3) is 6.69. The van der Waals surface area contributed by atoms with Crippen molar-refractivity contribution in [2.75, 3.05) is 9.80 Å². The van der Waals surface area contributed by atoms with Gasteiger partial charge in [0.05, 0.1) is 0 Å². The molecule has 5 heteroatoms. The third-order valence-electron chi connectivity index (χ3n) is 7.95. The Labute approximate surface area is 269 Å². The van der Waals surface area contributed by atoms with E-state index in [2.05, 4.69) is 89.5 Å². The van der Waals surface area contributed by atoms with Gasteiger partial charge in [-0.1, -0.05) is 42.0 Å². The van der Waals surface area contributed by atoms with Crippen LogP contribution >= 0.6 is 0 Å². The molecular formula is C41H32N2O3. The Bertz CT molecular complexity index is 1880. The first kappa shape index (κ1) is 30.0. The maximum atomic E-state index is 11.2. The number of nitrogens with zero attached hydrogens (tertiary/aromatic N) is 2. The summed E-state index contributed by atoms with van der Waals surface area (Å²) >= 11 is 0. The van der Waals surface area contributed by atoms with Crippen molar-refractivity contribution in [2.45, 2.75) is 13.3 Å². The zero-order valence-electron chi connectivity index (χ0n) is 25.4. The lowest BCUT2D eigenvalue weighted by Gasteiger charge is -2.26. The fraction of sp³-hybridized carbons (Fsp3) is 0.0488. The molecule has 0 heterocycles. The first-order valence-electron chi connectivity index (χ1n) is 15.1. The van der Waals surface area contributed by atoms with Gasteiger partial charge in [-0.25, -0.2) is 0 Å². The maximum absolute atomic E-state index is 11.2. The minimum atomic E-state index is 0.610. The van der Waals surface area contributed by atoms with Crippen molar-refractivity contribution in [3.63, 3.8) is 0 Å². The van der Waals surface area contributed by atoms with Crippen LogP contribution in [0.5, 0.6) is 0 Å². The lowest BCUT2D eigenvalue weighted by atomic mass is 10.0. The van der Waals surface area contributed by atoms with Gasteiger partial charge in [0.25, 0.3) is 0 Å². The van der Waals surface area contributed by atoms with E-state index in [0.717, 1.165) is 59.4 Å². The Balaban J connectivity index is 1.25. The molecule has 46 heavy (non-hydrogen) atoms. The Morgan fingerprint density at radius 1 is 0.370 bits per heavy atom. The highest BCUT2D eigenvalue weighted by molar-refractivity contribution is 5.83. The average Bonchev–Trinajstić information content (AvgIpc) is 3.11. The lowest BCUT2D eigenvalue weighted by molar-refractivity contribution is 0.111. The fourth-order valence-electron chi connectivity index (χ4n) is 5.46. The summed E-state index contributed by atoms with van der Waals surface area (Å²) in [5.74, 6) is 0. The van der Waals surface area contributed by atoms with Crippen LogP contribution in [-0.4, -0.2) is 18.9 Å². The van der Waals surface area contributed by atoms with E-state index in [1.165, 1.54) is 16.7 Å². The summed E-state index contributed by atoms with van der Waals surface area (Å²) in [7, 11) is 0. The fourth-order valence-corrected chi connectivity index (χ4v) is 5.46. The molecular weight excluding hydrogens is 568 g/mol. The lowest BCUT2D eigenvalue weighted by Crippen LogP contribution is -2.10. The van der Waals surface area contributed by atoms with E-state index in [-0.39, 0.29) is 0 Å². The second-order valence-corrected chi connectivity index (χ2v) is 11.1. The van der Waals surface area contributed by atoms with Crippen molar-refractivity contribution in [3.05, 3.63) is 179 Å². The van der Waals surface area contributed by atoms with Crippen LogP contribution in [-0.2, 0) is 6.42 Å². The van der Waals surface area contributed by atoms with Crippen molar-refractivity contribution in [3.8, 4) is 0 Å². The Morgan fingerprint density at radius 2 is 0.609 bits per heavy atom. The van der Waals surface area contributed by atoms with Gasteiger partial charge in [-0.05, 0) is 134 Å². The van der Waals surface area contributed by atoms with Crippen molar-refractivity contribution < 1.29 is 14.4 Å². The first-order chi connectivity index (χ1) is 22.5. The topological polar surface area (TPSA) is 57.7 Å². The van der Waals surface area contributed by atoms with E-state index in [9.17, 15) is 14.4 Å². The normalized spacial score (nSPS) is 10.6. The van der Waals surface area contributed by atoms with E-state index >= 15 is 0 Å². The predicted octanol–water partition coefficient (Wildman–Crippen LogP) is 9.96. The number of anilines is 6. The van der Waals surface area contributed by atoms with Gasteiger partial charge in [0.15, 0.2) is 0 Å². The molecule has 0 atom stereocenters. The number of hydrogen-bond acceptors (Lipinski definition) is 5. The number of rotatable bonds is 11. The molecule has 0 aliphatic carbocycles. The molecule has 0 unspecified atom stereocenters. The van der Waals surface area contributed by atoms with Crippen LogP contribution in [0, 0.1) is 6.92 Å². The molecule has 6 aromatic carbocycles. The summed E-state index contributed by atoms with van der Waals surface area (Å²) in [5.41, 5.74) is 11.2. The summed E-state index contributed by atoms with van der Waals surface area (Å²) in [6.45, 7) is 2.07. The summed E-state index contributed by atoms with van der Waals surface area (Å²) < 4.78 is 0. The van der Waals surface area contributed by atoms with Gasteiger partial charge in [-0.15, -0.1) is 0 Å². The monoisotopic (exact) mass is 600 g/mol. The SMILES string of the molecule is Cc1ccc(N(c2ccc(C=O)cc2)c2ccc(Cc3ccc(N(c4ccc(C=O)cc4)c4ccc(C=O)cc4)cc3)cc2)cc1. The number of aryl methyl sites for hydroxylation is 1. The Kier molecular flexibility index (Phi) is 8.93. The van der Waals surface area contributed by atoms with E-state index in [1.807, 2.05) is 48.5 Å². The van der Waals surface area contributed by atoms with Gasteiger partial charge in [0, 0.05) is 50.8 Å². The number of hydrogen-bond donors (Lipinski definition) is 0. The molecule has 0 spiro atoms. The molecule has 0 fully saturated rings. The molecule has 0 aromatic heterocycles. The largest absolute Gasteiger partial charge is 0.311 e. The zero-order valence-corrected chi connectivity index (χ0v) is 25.4. The molecule has 0 saturated carbocycles. The number of aldehydes is 3. The highest BCUT2D eigenvalue weighted by Gasteiger charge is 2.15. The molecule has 0 aliphatic rings. The second-order valence-electron chi connectivity index (χ2n) is 11.1. The molecule has 0 saturated heterocycles. The van der Waals surface area contributed by atoms with Crippen LogP contribution in [0.4, 0.5) is 34.1 Å². The van der Waals surface area contributed by atoms with Crippen LogP contribution in [0.2, 0.25) is 0 Å². The minimum Gasteiger partial charge on any atom is -0.311 e. The van der Waals surface area contributed by atoms with Crippen LogP contribution in [0.25, 0.3) is 0 Å². The molecule has 6 rings (SSSR count). The van der Waals surface area contributed by atoms with Gasteiger partial charge in [0.1, 0.15) is 18.9 Å². The predicted molar refractivity (Wildman–Crippen MR) is 186 cm³/mol. The molecule has 6 aromatic rings. The summed E-state index contributed by atoms with van der Waals surface area (Å²) in [6, 6.07) is 47.9. The van der Waals surface area contributed by atoms with Crippen molar-refractivity contribution in [2.24, 2.45) is 0 Å². The van der Waals surface area contributed by atoms with Gasteiger partial charge in [-0.2, -0.15) is 0 Å². The number of carbonyl (C=O) groups is 3. The summed E-state index contributed by atoms with van der Waals surface area (Å²) in [6.07, 6.45) is 3.29. The minimum absolute atomic E-state index is 0.610. The molecule has 0 aliphatic heterocycles. The van der Waals surface area contributed by atoms with E-state index < -0.39 is 0 Å². The van der Waals surface area contributed by atoms with Gasteiger partial charge < -0.3 is 9.80 Å². The first-order valence-corrected chi connectivity index (χ1v) is 15.1. The van der Waals surface area contributed by atoms with Crippen molar-refractivity contribution >= 4 is 53.0 Å². The van der Waals surface area contributed by atoms with Crippen molar-refractivity contribution in [1.29, 1.82) is 0 Å². The van der Waals surface area contributed by atoms with E-state index in [1.54, 1.807) is 24.3 Å². The van der Waals surface area contributed by atoms with E-state index in [0.29, 0.717) is 16.7 Å². The Hall–Kier alpha value is -6.07. The molecule has 224 valence electrons.